The van der Waals surface area contributed by atoms with Crippen molar-refractivity contribution in [3.8, 4) is 0 Å². The van der Waals surface area contributed by atoms with Crippen molar-refractivity contribution in [3.63, 3.8) is 0 Å². The van der Waals surface area contributed by atoms with E-state index in [4.69, 9.17) is 5.73 Å². The molecule has 0 spiro atoms. The molecule has 1 aromatic heterocycles. The average molecular weight is 358 g/mol. The predicted molar refractivity (Wildman–Crippen MR) is 86.6 cm³/mol. The van der Waals surface area contributed by atoms with Crippen LogP contribution < -0.4 is 11.1 Å². The number of amides is 1. The summed E-state index contributed by atoms with van der Waals surface area (Å²) in [5.74, 6) is -1.27. The van der Waals surface area contributed by atoms with Crippen LogP contribution in [0.4, 0.5) is 15.9 Å². The minimum absolute atomic E-state index is 0.0247. The van der Waals surface area contributed by atoms with E-state index in [1.165, 1.54) is 18.2 Å². The van der Waals surface area contributed by atoms with Crippen molar-refractivity contribution >= 4 is 39.0 Å². The fraction of sp³-hybridized carbons (Fsp3) is 0.231. The molecule has 0 atom stereocenters. The summed E-state index contributed by atoms with van der Waals surface area (Å²) in [5, 5.41) is 6.62. The number of nitrogens with zero attached hydrogens (tertiary/aromatic N) is 2. The molecule has 0 saturated heterocycles. The Morgan fingerprint density at radius 1 is 1.43 bits per heavy atom. The highest BCUT2D eigenvalue weighted by Crippen LogP contribution is 2.29. The Balaban J connectivity index is 2.26. The molecule has 0 bridgehead atoms. The third-order valence-electron chi connectivity index (χ3n) is 2.92. The van der Waals surface area contributed by atoms with E-state index in [9.17, 15) is 17.6 Å². The molecular weight excluding hydrogens is 343 g/mol. The van der Waals surface area contributed by atoms with Gasteiger partial charge in [-0.25, -0.2) is 17.5 Å². The molecule has 1 amide bonds. The maximum atomic E-state index is 13.5. The Kier molecular flexibility index (Phi) is 4.95. The van der Waals surface area contributed by atoms with Gasteiger partial charge in [-0.15, -0.1) is 11.8 Å². The summed E-state index contributed by atoms with van der Waals surface area (Å²) in [6.45, 7) is -0.330. The van der Waals surface area contributed by atoms with Crippen LogP contribution in [-0.4, -0.2) is 36.6 Å². The molecule has 124 valence electrons. The number of benzene rings is 1. The van der Waals surface area contributed by atoms with Gasteiger partial charge in [0.2, 0.25) is 5.91 Å². The van der Waals surface area contributed by atoms with Crippen LogP contribution in [0.25, 0.3) is 0 Å². The van der Waals surface area contributed by atoms with E-state index < -0.39 is 21.6 Å². The SMILES string of the molecule is CSc1nn(CC(=O)Nc2ccccc2F)c(N)c1S(C)(=O)=O. The lowest BCUT2D eigenvalue weighted by Crippen LogP contribution is -2.21. The van der Waals surface area contributed by atoms with Crippen LogP contribution in [0, 0.1) is 5.82 Å². The maximum absolute atomic E-state index is 13.5. The second kappa shape index (κ2) is 6.59. The lowest BCUT2D eigenvalue weighted by Gasteiger charge is -2.07. The number of carbonyl (C=O) groups excluding carboxylic acids is 1. The van der Waals surface area contributed by atoms with E-state index in [0.717, 1.165) is 22.7 Å². The molecule has 0 saturated carbocycles. The van der Waals surface area contributed by atoms with Crippen LogP contribution in [0.15, 0.2) is 34.2 Å². The Morgan fingerprint density at radius 2 is 2.09 bits per heavy atom. The van der Waals surface area contributed by atoms with Crippen LogP contribution in [0.3, 0.4) is 0 Å². The van der Waals surface area contributed by atoms with E-state index in [1.807, 2.05) is 0 Å². The van der Waals surface area contributed by atoms with Gasteiger partial charge in [-0.05, 0) is 18.4 Å². The standard InChI is InChI=1S/C13H15FN4O3S2/c1-22-13-11(23(2,20)21)12(15)18(17-13)7-10(19)16-9-6-4-3-5-8(9)14/h3-6H,7,15H2,1-2H3,(H,16,19). The summed E-state index contributed by atoms with van der Waals surface area (Å²) in [7, 11) is -3.58. The molecule has 2 rings (SSSR count). The second-order valence-electron chi connectivity index (χ2n) is 4.68. The summed E-state index contributed by atoms with van der Waals surface area (Å²) in [6, 6.07) is 5.70. The first kappa shape index (κ1) is 17.3. The molecule has 10 heteroatoms. The number of sulfone groups is 1. The van der Waals surface area contributed by atoms with Crippen LogP contribution in [0.5, 0.6) is 0 Å². The number of thioether (sulfide) groups is 1. The van der Waals surface area contributed by atoms with Crippen molar-refractivity contribution in [2.24, 2.45) is 0 Å². The number of rotatable bonds is 5. The van der Waals surface area contributed by atoms with Gasteiger partial charge in [0.15, 0.2) is 9.84 Å². The van der Waals surface area contributed by atoms with Crippen LogP contribution >= 0.6 is 11.8 Å². The van der Waals surface area contributed by atoms with Gasteiger partial charge < -0.3 is 11.1 Å². The molecule has 0 unspecified atom stereocenters. The van der Waals surface area contributed by atoms with E-state index in [-0.39, 0.29) is 28.0 Å². The first-order chi connectivity index (χ1) is 10.7. The first-order valence-electron chi connectivity index (χ1n) is 6.38. The van der Waals surface area contributed by atoms with Gasteiger partial charge in [0.05, 0.1) is 5.69 Å². The van der Waals surface area contributed by atoms with E-state index in [0.29, 0.717) is 0 Å². The normalized spacial score (nSPS) is 11.4. The second-order valence-corrected chi connectivity index (χ2v) is 7.43. The highest BCUT2D eigenvalue weighted by Gasteiger charge is 2.24. The monoisotopic (exact) mass is 358 g/mol. The lowest BCUT2D eigenvalue weighted by molar-refractivity contribution is -0.116. The van der Waals surface area contributed by atoms with Crippen LogP contribution in [0.1, 0.15) is 0 Å². The molecule has 1 heterocycles. The first-order valence-corrected chi connectivity index (χ1v) is 9.50. The fourth-order valence-electron chi connectivity index (χ4n) is 1.93. The summed E-state index contributed by atoms with van der Waals surface area (Å²) in [6.07, 6.45) is 2.67. The molecule has 0 aliphatic heterocycles. The number of hydrogen-bond donors (Lipinski definition) is 2. The Hall–Kier alpha value is -2.07. The quantitative estimate of drug-likeness (QED) is 0.782. The summed E-state index contributed by atoms with van der Waals surface area (Å²) < 4.78 is 38.1. The minimum Gasteiger partial charge on any atom is -0.383 e. The Morgan fingerprint density at radius 3 is 2.61 bits per heavy atom. The number of aromatic nitrogens is 2. The van der Waals surface area contributed by atoms with Crippen molar-refractivity contribution in [1.82, 2.24) is 9.78 Å². The molecule has 2 aromatic rings. The van der Waals surface area contributed by atoms with Crippen molar-refractivity contribution in [1.29, 1.82) is 0 Å². The summed E-state index contributed by atoms with van der Waals surface area (Å²) in [4.78, 5) is 11.9. The van der Waals surface area contributed by atoms with Crippen molar-refractivity contribution < 1.29 is 17.6 Å². The highest BCUT2D eigenvalue weighted by atomic mass is 32.2. The van der Waals surface area contributed by atoms with E-state index in [2.05, 4.69) is 10.4 Å². The molecule has 3 N–H and O–H groups in total. The van der Waals surface area contributed by atoms with Crippen molar-refractivity contribution in [2.75, 3.05) is 23.6 Å². The van der Waals surface area contributed by atoms with Gasteiger partial charge in [-0.2, -0.15) is 5.10 Å². The number of halogens is 1. The van der Waals surface area contributed by atoms with E-state index in [1.54, 1.807) is 12.3 Å². The summed E-state index contributed by atoms with van der Waals surface area (Å²) >= 11 is 1.11. The number of anilines is 2. The van der Waals surface area contributed by atoms with Crippen molar-refractivity contribution in [2.45, 2.75) is 16.5 Å². The predicted octanol–water partition coefficient (Wildman–Crippen LogP) is 1.37. The lowest BCUT2D eigenvalue weighted by atomic mass is 10.3. The van der Waals surface area contributed by atoms with Crippen molar-refractivity contribution in [3.05, 3.63) is 30.1 Å². The smallest absolute Gasteiger partial charge is 0.246 e. The number of para-hydroxylation sites is 1. The largest absolute Gasteiger partial charge is 0.383 e. The number of carbonyl (C=O) groups is 1. The van der Waals surface area contributed by atoms with Crippen LogP contribution in [-0.2, 0) is 21.2 Å². The molecule has 23 heavy (non-hydrogen) atoms. The third kappa shape index (κ3) is 3.82. The van der Waals surface area contributed by atoms with E-state index >= 15 is 0 Å². The molecule has 0 aliphatic carbocycles. The highest BCUT2D eigenvalue weighted by molar-refractivity contribution is 7.99. The molecule has 0 aliphatic rings. The Labute approximate surface area is 137 Å². The van der Waals surface area contributed by atoms with Gasteiger partial charge in [0.25, 0.3) is 0 Å². The average Bonchev–Trinajstić information content (AvgIpc) is 2.77. The fourth-order valence-corrected chi connectivity index (χ4v) is 3.94. The minimum atomic E-state index is -3.58. The van der Waals surface area contributed by atoms with Gasteiger partial charge >= 0.3 is 0 Å². The van der Waals surface area contributed by atoms with Crippen LogP contribution in [0.2, 0.25) is 0 Å². The molecule has 1 aromatic carbocycles. The molecule has 0 radical (unpaired) electrons. The molecule has 7 nitrogen and oxygen atoms in total. The zero-order chi connectivity index (χ0) is 17.2. The summed E-state index contributed by atoms with van der Waals surface area (Å²) in [5.41, 5.74) is 5.82. The third-order valence-corrected chi connectivity index (χ3v) is 4.87. The van der Waals surface area contributed by atoms with Gasteiger partial charge in [-0.3, -0.25) is 4.79 Å². The number of hydrogen-bond acceptors (Lipinski definition) is 6. The van der Waals surface area contributed by atoms with Gasteiger partial charge in [0, 0.05) is 6.26 Å². The number of nitrogens with two attached hydrogens (primary N) is 1. The zero-order valence-corrected chi connectivity index (χ0v) is 14.0. The number of nitrogens with one attached hydrogen (secondary N) is 1. The Bertz CT molecular complexity index is 849. The van der Waals surface area contributed by atoms with Gasteiger partial charge in [0.1, 0.15) is 28.1 Å². The molecular formula is C13H15FN4O3S2. The maximum Gasteiger partial charge on any atom is 0.246 e. The number of nitrogen functional groups attached to an aromatic ring is 1. The van der Waals surface area contributed by atoms with Gasteiger partial charge in [-0.1, -0.05) is 12.1 Å². The topological polar surface area (TPSA) is 107 Å². The molecule has 0 fully saturated rings. The zero-order valence-electron chi connectivity index (χ0n) is 12.4.